The Bertz CT molecular complexity index is 439. The molecule has 0 bridgehead atoms. The van der Waals surface area contributed by atoms with E-state index in [2.05, 4.69) is 0 Å². The van der Waals surface area contributed by atoms with Crippen LogP contribution in [0.25, 0.3) is 0 Å². The van der Waals surface area contributed by atoms with E-state index in [9.17, 15) is 19.2 Å². The van der Waals surface area contributed by atoms with Crippen LogP contribution >= 0.6 is 0 Å². The fourth-order valence-corrected chi connectivity index (χ4v) is 2.46. The minimum atomic E-state index is -0.738. The summed E-state index contributed by atoms with van der Waals surface area (Å²) in [6, 6.07) is 0. The Morgan fingerprint density at radius 1 is 1.09 bits per heavy atom. The summed E-state index contributed by atoms with van der Waals surface area (Å²) in [6.45, 7) is 3.48. The van der Waals surface area contributed by atoms with Crippen molar-refractivity contribution in [1.82, 2.24) is 4.90 Å². The second-order valence-corrected chi connectivity index (χ2v) is 5.58. The quantitative estimate of drug-likeness (QED) is 0.805. The minimum absolute atomic E-state index is 0. The number of hydrogen-bond donors (Lipinski definition) is 1. The fourth-order valence-electron chi connectivity index (χ4n) is 2.46. The van der Waals surface area contributed by atoms with E-state index in [1.165, 1.54) is 30.9 Å². The van der Waals surface area contributed by atoms with Crippen LogP contribution in [0.2, 0.25) is 0 Å². The molecule has 6 heteroatoms. The predicted octanol–water partition coefficient (Wildman–Crippen LogP) is 2.03. The van der Waals surface area contributed by atoms with E-state index in [1.807, 2.05) is 0 Å². The van der Waals surface area contributed by atoms with E-state index < -0.39 is 5.97 Å². The predicted molar refractivity (Wildman–Crippen MR) is 82.0 cm³/mol. The fraction of sp³-hybridized carbons (Fsp3) is 0.625. The molecular formula is C16H25NO5. The number of amides is 2. The second kappa shape index (κ2) is 9.12. The summed E-state index contributed by atoms with van der Waals surface area (Å²) in [5, 5.41) is 8.86. The first-order valence-corrected chi connectivity index (χ1v) is 7.04. The summed E-state index contributed by atoms with van der Waals surface area (Å²) in [6.07, 6.45) is 5.39. The summed E-state index contributed by atoms with van der Waals surface area (Å²) >= 11 is 0. The summed E-state index contributed by atoms with van der Waals surface area (Å²) in [7, 11) is 0. The molecule has 0 aromatic carbocycles. The lowest BCUT2D eigenvalue weighted by molar-refractivity contribution is -0.144. The maximum atomic E-state index is 11.4. The van der Waals surface area contributed by atoms with Gasteiger partial charge in [-0.1, -0.05) is 7.43 Å². The molecule has 0 spiro atoms. The highest BCUT2D eigenvalue weighted by atomic mass is 16.4. The van der Waals surface area contributed by atoms with E-state index in [0.29, 0.717) is 19.4 Å². The van der Waals surface area contributed by atoms with Crippen molar-refractivity contribution in [1.29, 1.82) is 0 Å². The molecule has 1 aliphatic heterocycles. The largest absolute Gasteiger partial charge is 0.481 e. The molecule has 1 fully saturated rings. The van der Waals surface area contributed by atoms with Crippen LogP contribution in [0, 0.1) is 11.8 Å². The van der Waals surface area contributed by atoms with Crippen molar-refractivity contribution in [2.45, 2.75) is 47.0 Å². The van der Waals surface area contributed by atoms with E-state index in [4.69, 9.17) is 5.11 Å². The van der Waals surface area contributed by atoms with Gasteiger partial charge in [0.25, 0.3) is 11.8 Å². The average molecular weight is 311 g/mol. The van der Waals surface area contributed by atoms with Gasteiger partial charge in [-0.25, -0.2) is 0 Å². The van der Waals surface area contributed by atoms with Crippen molar-refractivity contribution >= 4 is 23.6 Å². The molecule has 1 heterocycles. The Hall–Kier alpha value is -1.98. The van der Waals surface area contributed by atoms with Gasteiger partial charge >= 0.3 is 5.97 Å². The molecule has 0 unspecified atom stereocenters. The first-order chi connectivity index (χ1) is 9.81. The lowest BCUT2D eigenvalue weighted by Crippen LogP contribution is -2.36. The molecule has 22 heavy (non-hydrogen) atoms. The van der Waals surface area contributed by atoms with Gasteiger partial charge in [0.1, 0.15) is 5.78 Å². The van der Waals surface area contributed by atoms with Gasteiger partial charge in [0.15, 0.2) is 0 Å². The van der Waals surface area contributed by atoms with Crippen LogP contribution in [0.1, 0.15) is 47.0 Å². The molecule has 0 aromatic rings. The number of rotatable bonds is 3. The Balaban J connectivity index is 0.000000791. The van der Waals surface area contributed by atoms with Crippen LogP contribution < -0.4 is 0 Å². The van der Waals surface area contributed by atoms with Crippen molar-refractivity contribution in [3.05, 3.63) is 12.2 Å². The first kappa shape index (κ1) is 20.0. The number of carboxylic acids is 1. The van der Waals surface area contributed by atoms with Crippen molar-refractivity contribution < 1.29 is 24.3 Å². The second-order valence-electron chi connectivity index (χ2n) is 5.58. The number of imide groups is 1. The van der Waals surface area contributed by atoms with Crippen LogP contribution in [0.3, 0.4) is 0 Å². The van der Waals surface area contributed by atoms with Gasteiger partial charge in [0.05, 0.1) is 5.92 Å². The third-order valence-electron chi connectivity index (χ3n) is 3.54. The molecular weight excluding hydrogens is 286 g/mol. The topological polar surface area (TPSA) is 91.8 Å². The van der Waals surface area contributed by atoms with Crippen LogP contribution in [0.4, 0.5) is 0 Å². The van der Waals surface area contributed by atoms with Crippen molar-refractivity contribution in [2.75, 3.05) is 6.54 Å². The molecule has 1 saturated carbocycles. The van der Waals surface area contributed by atoms with E-state index in [1.54, 1.807) is 0 Å². The molecule has 0 aromatic heterocycles. The van der Waals surface area contributed by atoms with Gasteiger partial charge in [-0.3, -0.25) is 19.3 Å². The van der Waals surface area contributed by atoms with Gasteiger partial charge in [-0.05, 0) is 45.4 Å². The van der Waals surface area contributed by atoms with Crippen LogP contribution in [-0.4, -0.2) is 40.1 Å². The summed E-state index contributed by atoms with van der Waals surface area (Å²) in [5.74, 6) is -1.09. The number of ketones is 1. The molecule has 2 aliphatic rings. The standard InChI is InChI=1S/C12H15NO4.C3H6O.CH4/c14-10-5-6-11(15)13(10)7-8-1-3-9(4-2-8)12(16)17;1-3(2)4;/h5-6,8-9H,1-4,7H2,(H,16,17);1-2H3;1H4. The normalized spacial score (nSPS) is 23.5. The maximum absolute atomic E-state index is 11.4. The number of carboxylic acid groups (broad SMARTS) is 1. The minimum Gasteiger partial charge on any atom is -0.481 e. The highest BCUT2D eigenvalue weighted by molar-refractivity contribution is 6.12. The van der Waals surface area contributed by atoms with Crippen molar-refractivity contribution in [3.8, 4) is 0 Å². The third kappa shape index (κ3) is 6.20. The summed E-state index contributed by atoms with van der Waals surface area (Å²) in [4.78, 5) is 44.2. The zero-order chi connectivity index (χ0) is 16.0. The lowest BCUT2D eigenvalue weighted by atomic mass is 9.82. The number of carbonyl (C=O) groups is 4. The van der Waals surface area contributed by atoms with Crippen LogP contribution in [-0.2, 0) is 19.2 Å². The molecule has 0 saturated heterocycles. The number of hydrogen-bond acceptors (Lipinski definition) is 4. The molecule has 6 nitrogen and oxygen atoms in total. The average Bonchev–Trinajstić information content (AvgIpc) is 2.70. The Labute approximate surface area is 131 Å². The Morgan fingerprint density at radius 2 is 1.50 bits per heavy atom. The molecule has 2 rings (SSSR count). The van der Waals surface area contributed by atoms with E-state index >= 15 is 0 Å². The zero-order valence-corrected chi connectivity index (χ0v) is 12.4. The summed E-state index contributed by atoms with van der Waals surface area (Å²) in [5.41, 5.74) is 0. The van der Waals surface area contributed by atoms with Gasteiger partial charge in [-0.15, -0.1) is 0 Å². The first-order valence-electron chi connectivity index (χ1n) is 7.04. The molecule has 124 valence electrons. The molecule has 0 radical (unpaired) electrons. The lowest BCUT2D eigenvalue weighted by Gasteiger charge is -2.28. The highest BCUT2D eigenvalue weighted by Gasteiger charge is 2.30. The molecule has 1 N–H and O–H groups in total. The highest BCUT2D eigenvalue weighted by Crippen LogP contribution is 2.29. The van der Waals surface area contributed by atoms with E-state index in [-0.39, 0.29) is 36.9 Å². The van der Waals surface area contributed by atoms with Gasteiger partial charge in [-0.2, -0.15) is 0 Å². The van der Waals surface area contributed by atoms with Crippen molar-refractivity contribution in [2.24, 2.45) is 11.8 Å². The van der Waals surface area contributed by atoms with Gasteiger partial charge in [0.2, 0.25) is 0 Å². The molecule has 0 atom stereocenters. The van der Waals surface area contributed by atoms with Gasteiger partial charge in [0, 0.05) is 18.7 Å². The zero-order valence-electron chi connectivity index (χ0n) is 12.4. The Morgan fingerprint density at radius 3 is 1.86 bits per heavy atom. The summed E-state index contributed by atoms with van der Waals surface area (Å²) < 4.78 is 0. The third-order valence-corrected chi connectivity index (χ3v) is 3.54. The van der Waals surface area contributed by atoms with Crippen LogP contribution in [0.15, 0.2) is 12.2 Å². The SMILES string of the molecule is C.CC(C)=O.O=C(O)C1CCC(CN2C(=O)C=CC2=O)CC1. The van der Waals surface area contributed by atoms with Crippen molar-refractivity contribution in [3.63, 3.8) is 0 Å². The number of carbonyl (C=O) groups excluding carboxylic acids is 3. The number of nitrogens with zero attached hydrogens (tertiary/aromatic N) is 1. The smallest absolute Gasteiger partial charge is 0.306 e. The van der Waals surface area contributed by atoms with Gasteiger partial charge < -0.3 is 9.90 Å². The molecule has 2 amide bonds. The van der Waals surface area contributed by atoms with Crippen LogP contribution in [0.5, 0.6) is 0 Å². The maximum Gasteiger partial charge on any atom is 0.306 e. The Kier molecular flexibility index (Phi) is 8.30. The number of Topliss-reactive ketones (excluding diaryl/α,β-unsaturated/α-hetero) is 1. The number of aliphatic carboxylic acids is 1. The van der Waals surface area contributed by atoms with E-state index in [0.717, 1.165) is 12.8 Å². The molecule has 1 aliphatic carbocycles. The monoisotopic (exact) mass is 311 g/mol.